The van der Waals surface area contributed by atoms with Crippen LogP contribution in [0.1, 0.15) is 30.0 Å². The van der Waals surface area contributed by atoms with E-state index in [1.807, 2.05) is 32.1 Å². The van der Waals surface area contributed by atoms with Gasteiger partial charge in [0, 0.05) is 6.08 Å². The van der Waals surface area contributed by atoms with Gasteiger partial charge in [-0.15, -0.1) is 0 Å². The highest BCUT2D eigenvalue weighted by atomic mass is 16.3. The molecular weight excluding hydrogens is 238 g/mol. The van der Waals surface area contributed by atoms with Crippen LogP contribution < -0.4 is 0 Å². The monoisotopic (exact) mass is 259 g/mol. The van der Waals surface area contributed by atoms with Crippen molar-refractivity contribution >= 4 is 12.0 Å². The molecule has 0 radical (unpaired) electrons. The number of nitrogens with zero attached hydrogens (tertiary/aromatic N) is 1. The van der Waals surface area contributed by atoms with E-state index >= 15 is 0 Å². The first-order valence-electron chi connectivity index (χ1n) is 6.70. The second-order valence-electron chi connectivity index (χ2n) is 5.47. The van der Waals surface area contributed by atoms with E-state index in [4.69, 9.17) is 0 Å². The molecule has 0 saturated carbocycles. The third-order valence-electron chi connectivity index (χ3n) is 3.77. The van der Waals surface area contributed by atoms with Crippen molar-refractivity contribution < 1.29 is 9.90 Å². The molecule has 19 heavy (non-hydrogen) atoms. The molecule has 1 aromatic rings. The summed E-state index contributed by atoms with van der Waals surface area (Å²) in [6, 6.07) is 6.16. The molecule has 0 spiro atoms. The highest BCUT2D eigenvalue weighted by Gasteiger charge is 2.41. The SMILES string of the molecule is CCC1(O)CN(C(=O)C=Cc2ccc(C)cc2C)C1. The van der Waals surface area contributed by atoms with Crippen LogP contribution in [-0.2, 0) is 4.79 Å². The fraction of sp³-hybridized carbons (Fsp3) is 0.438. The van der Waals surface area contributed by atoms with Crippen molar-refractivity contribution in [1.29, 1.82) is 0 Å². The van der Waals surface area contributed by atoms with Gasteiger partial charge in [0.2, 0.25) is 5.91 Å². The molecule has 0 aromatic heterocycles. The maximum atomic E-state index is 11.9. The average Bonchev–Trinajstić information content (AvgIpc) is 2.33. The Hall–Kier alpha value is -1.61. The molecular formula is C16H21NO2. The van der Waals surface area contributed by atoms with Crippen LogP contribution in [0.3, 0.4) is 0 Å². The summed E-state index contributed by atoms with van der Waals surface area (Å²) in [6.45, 7) is 6.92. The summed E-state index contributed by atoms with van der Waals surface area (Å²) in [5.74, 6) is -0.0295. The number of carbonyl (C=O) groups is 1. The van der Waals surface area contributed by atoms with Crippen molar-refractivity contribution in [3.05, 3.63) is 41.0 Å². The Morgan fingerprint density at radius 3 is 2.68 bits per heavy atom. The zero-order chi connectivity index (χ0) is 14.0. The first-order chi connectivity index (χ1) is 8.93. The Labute approximate surface area is 114 Å². The lowest BCUT2D eigenvalue weighted by atomic mass is 9.91. The van der Waals surface area contributed by atoms with Crippen molar-refractivity contribution in [3.8, 4) is 0 Å². The summed E-state index contributed by atoms with van der Waals surface area (Å²) in [5.41, 5.74) is 2.78. The van der Waals surface area contributed by atoms with E-state index in [0.29, 0.717) is 19.5 Å². The predicted octanol–water partition coefficient (Wildman–Crippen LogP) is 2.30. The van der Waals surface area contributed by atoms with Crippen LogP contribution in [0.4, 0.5) is 0 Å². The van der Waals surface area contributed by atoms with E-state index in [-0.39, 0.29) is 5.91 Å². The van der Waals surface area contributed by atoms with E-state index in [1.54, 1.807) is 11.0 Å². The van der Waals surface area contributed by atoms with Gasteiger partial charge in [-0.05, 0) is 37.5 Å². The van der Waals surface area contributed by atoms with Crippen molar-refractivity contribution in [2.24, 2.45) is 0 Å². The Bertz CT molecular complexity index is 513. The Morgan fingerprint density at radius 2 is 2.11 bits per heavy atom. The van der Waals surface area contributed by atoms with Crippen LogP contribution >= 0.6 is 0 Å². The number of aliphatic hydroxyl groups is 1. The van der Waals surface area contributed by atoms with E-state index in [9.17, 15) is 9.90 Å². The summed E-state index contributed by atoms with van der Waals surface area (Å²) < 4.78 is 0. The molecule has 102 valence electrons. The zero-order valence-corrected chi connectivity index (χ0v) is 11.8. The largest absolute Gasteiger partial charge is 0.386 e. The maximum Gasteiger partial charge on any atom is 0.246 e. The van der Waals surface area contributed by atoms with Gasteiger partial charge < -0.3 is 10.0 Å². The van der Waals surface area contributed by atoms with Gasteiger partial charge in [-0.25, -0.2) is 0 Å². The molecule has 0 unspecified atom stereocenters. The minimum absolute atomic E-state index is 0.0295. The number of hydrogen-bond acceptors (Lipinski definition) is 2. The molecule has 0 atom stereocenters. The second-order valence-corrected chi connectivity index (χ2v) is 5.47. The molecule has 1 fully saturated rings. The van der Waals surface area contributed by atoms with E-state index in [0.717, 1.165) is 11.1 Å². The summed E-state index contributed by atoms with van der Waals surface area (Å²) in [6.07, 6.45) is 4.13. The van der Waals surface area contributed by atoms with Gasteiger partial charge in [-0.2, -0.15) is 0 Å². The van der Waals surface area contributed by atoms with Crippen LogP contribution in [-0.4, -0.2) is 34.6 Å². The van der Waals surface area contributed by atoms with E-state index in [2.05, 4.69) is 13.0 Å². The van der Waals surface area contributed by atoms with Gasteiger partial charge in [0.15, 0.2) is 0 Å². The average molecular weight is 259 g/mol. The lowest BCUT2D eigenvalue weighted by Crippen LogP contribution is -2.62. The van der Waals surface area contributed by atoms with Crippen molar-refractivity contribution in [1.82, 2.24) is 4.90 Å². The van der Waals surface area contributed by atoms with Gasteiger partial charge in [0.1, 0.15) is 0 Å². The van der Waals surface area contributed by atoms with Crippen LogP contribution in [0, 0.1) is 13.8 Å². The second kappa shape index (κ2) is 5.17. The third kappa shape index (κ3) is 3.04. The fourth-order valence-corrected chi connectivity index (χ4v) is 2.32. The van der Waals surface area contributed by atoms with Crippen molar-refractivity contribution in [2.75, 3.05) is 13.1 Å². The molecule has 1 aromatic carbocycles. The number of benzene rings is 1. The minimum Gasteiger partial charge on any atom is -0.386 e. The van der Waals surface area contributed by atoms with Gasteiger partial charge in [-0.3, -0.25) is 4.79 Å². The van der Waals surface area contributed by atoms with Crippen LogP contribution in [0.25, 0.3) is 6.08 Å². The summed E-state index contributed by atoms with van der Waals surface area (Å²) in [7, 11) is 0. The van der Waals surface area contributed by atoms with E-state index in [1.165, 1.54) is 5.56 Å². The number of likely N-dealkylation sites (tertiary alicyclic amines) is 1. The van der Waals surface area contributed by atoms with Gasteiger partial charge in [-0.1, -0.05) is 30.7 Å². The topological polar surface area (TPSA) is 40.5 Å². The third-order valence-corrected chi connectivity index (χ3v) is 3.77. The summed E-state index contributed by atoms with van der Waals surface area (Å²) >= 11 is 0. The number of aryl methyl sites for hydroxylation is 2. The van der Waals surface area contributed by atoms with Crippen LogP contribution in [0.5, 0.6) is 0 Å². The molecule has 1 N–H and O–H groups in total. The quantitative estimate of drug-likeness (QED) is 0.846. The molecule has 0 bridgehead atoms. The predicted molar refractivity (Wildman–Crippen MR) is 76.8 cm³/mol. The standard InChI is InChI=1S/C16H21NO2/c1-4-16(19)10-17(11-16)15(18)8-7-14-6-5-12(2)9-13(14)3/h5-9,19H,4,10-11H2,1-3H3. The number of carbonyl (C=O) groups excluding carboxylic acids is 1. The summed E-state index contributed by atoms with van der Waals surface area (Å²) in [4.78, 5) is 13.6. The zero-order valence-electron chi connectivity index (χ0n) is 11.8. The Balaban J connectivity index is 1.98. The van der Waals surface area contributed by atoms with E-state index < -0.39 is 5.60 Å². The molecule has 2 rings (SSSR count). The first kappa shape index (κ1) is 13.8. The Kier molecular flexibility index (Phi) is 3.76. The minimum atomic E-state index is -0.663. The number of rotatable bonds is 3. The van der Waals surface area contributed by atoms with Crippen molar-refractivity contribution in [2.45, 2.75) is 32.8 Å². The Morgan fingerprint density at radius 1 is 1.42 bits per heavy atom. The molecule has 3 nitrogen and oxygen atoms in total. The normalized spacial score (nSPS) is 17.6. The van der Waals surface area contributed by atoms with Crippen LogP contribution in [0.2, 0.25) is 0 Å². The molecule has 1 saturated heterocycles. The molecule has 0 aliphatic carbocycles. The van der Waals surface area contributed by atoms with Crippen LogP contribution in [0.15, 0.2) is 24.3 Å². The molecule has 1 amide bonds. The number of amides is 1. The fourth-order valence-electron chi connectivity index (χ4n) is 2.32. The van der Waals surface area contributed by atoms with Gasteiger partial charge in [0.05, 0.1) is 18.7 Å². The summed E-state index contributed by atoms with van der Waals surface area (Å²) in [5, 5.41) is 9.88. The smallest absolute Gasteiger partial charge is 0.246 e. The number of β-amino-alcohol motifs (C(OH)–C–C–N with tert-alkyl or cyclic N) is 1. The highest BCUT2D eigenvalue weighted by molar-refractivity contribution is 5.92. The molecule has 1 heterocycles. The maximum absolute atomic E-state index is 11.9. The van der Waals surface area contributed by atoms with Gasteiger partial charge >= 0.3 is 0 Å². The highest BCUT2D eigenvalue weighted by Crippen LogP contribution is 2.24. The molecule has 1 aliphatic heterocycles. The molecule has 1 aliphatic rings. The molecule has 3 heteroatoms. The number of hydrogen-bond donors (Lipinski definition) is 1. The van der Waals surface area contributed by atoms with Gasteiger partial charge in [0.25, 0.3) is 0 Å². The first-order valence-corrected chi connectivity index (χ1v) is 6.70. The lowest BCUT2D eigenvalue weighted by molar-refractivity contribution is -0.150. The van der Waals surface area contributed by atoms with Crippen molar-refractivity contribution in [3.63, 3.8) is 0 Å². The lowest BCUT2D eigenvalue weighted by Gasteiger charge is -2.45.